The highest BCUT2D eigenvalue weighted by Gasteiger charge is 2.33. The van der Waals surface area contributed by atoms with Crippen molar-refractivity contribution in [2.75, 3.05) is 13.1 Å². The Balaban J connectivity index is 1.70. The Labute approximate surface area is 127 Å². The summed E-state index contributed by atoms with van der Waals surface area (Å²) in [7, 11) is 0. The van der Waals surface area contributed by atoms with Gasteiger partial charge in [0.15, 0.2) is 5.16 Å². The van der Waals surface area contributed by atoms with Gasteiger partial charge in [0.2, 0.25) is 5.91 Å². The zero-order valence-electron chi connectivity index (χ0n) is 12.2. The minimum atomic E-state index is -0.351. The number of carbonyl (C=O) groups excluding carboxylic acids is 2. The molecule has 1 aliphatic carbocycles. The number of nitrogens with zero attached hydrogens (tertiary/aromatic N) is 4. The van der Waals surface area contributed by atoms with Gasteiger partial charge in [-0.1, -0.05) is 11.8 Å². The lowest BCUT2D eigenvalue weighted by Gasteiger charge is -2.17. The first-order valence-electron chi connectivity index (χ1n) is 7.30. The molecule has 1 aromatic heterocycles. The second kappa shape index (κ2) is 5.67. The summed E-state index contributed by atoms with van der Waals surface area (Å²) >= 11 is 1.38. The lowest BCUT2D eigenvalue weighted by atomic mass is 10.4. The second-order valence-electron chi connectivity index (χ2n) is 5.34. The van der Waals surface area contributed by atoms with E-state index in [0.717, 1.165) is 17.5 Å². The smallest absolute Gasteiger partial charge is 0.324 e. The van der Waals surface area contributed by atoms with Crippen LogP contribution in [0.5, 0.6) is 0 Å². The zero-order valence-corrected chi connectivity index (χ0v) is 13.0. The van der Waals surface area contributed by atoms with Crippen molar-refractivity contribution in [2.45, 2.75) is 49.6 Å². The van der Waals surface area contributed by atoms with Gasteiger partial charge in [-0.15, -0.1) is 10.2 Å². The molecule has 3 rings (SSSR count). The van der Waals surface area contributed by atoms with Gasteiger partial charge in [0.1, 0.15) is 5.82 Å². The van der Waals surface area contributed by atoms with E-state index in [1.54, 1.807) is 0 Å². The van der Waals surface area contributed by atoms with Crippen molar-refractivity contribution >= 4 is 23.7 Å². The number of rotatable bonds is 5. The predicted molar refractivity (Wildman–Crippen MR) is 78.1 cm³/mol. The summed E-state index contributed by atoms with van der Waals surface area (Å²) in [5.74, 6) is 1.38. The van der Waals surface area contributed by atoms with Gasteiger partial charge in [-0.3, -0.25) is 9.69 Å². The topological polar surface area (TPSA) is 80.1 Å². The summed E-state index contributed by atoms with van der Waals surface area (Å²) in [5, 5.41) is 11.5. The van der Waals surface area contributed by atoms with Gasteiger partial charge in [-0.2, -0.15) is 0 Å². The van der Waals surface area contributed by atoms with Gasteiger partial charge in [0.25, 0.3) is 0 Å². The number of carbonyl (C=O) groups is 2. The number of amides is 3. The maximum atomic E-state index is 12.3. The zero-order chi connectivity index (χ0) is 15.0. The highest BCUT2D eigenvalue weighted by atomic mass is 32.2. The molecule has 2 aliphatic rings. The minimum Gasteiger partial charge on any atom is -0.336 e. The summed E-state index contributed by atoms with van der Waals surface area (Å²) in [6, 6.07) is -0.303. The molecule has 114 valence electrons. The van der Waals surface area contributed by atoms with Crippen LogP contribution < -0.4 is 5.32 Å². The number of hydrogen-bond donors (Lipinski definition) is 1. The molecule has 1 atom stereocenters. The van der Waals surface area contributed by atoms with Gasteiger partial charge in [-0.05, 0) is 26.7 Å². The van der Waals surface area contributed by atoms with Crippen molar-refractivity contribution in [3.8, 4) is 0 Å². The Morgan fingerprint density at radius 3 is 2.81 bits per heavy atom. The fourth-order valence-electron chi connectivity index (χ4n) is 2.44. The van der Waals surface area contributed by atoms with Crippen molar-refractivity contribution < 1.29 is 9.59 Å². The third kappa shape index (κ3) is 2.76. The van der Waals surface area contributed by atoms with E-state index < -0.39 is 0 Å². The first-order valence-corrected chi connectivity index (χ1v) is 8.18. The van der Waals surface area contributed by atoms with Crippen molar-refractivity contribution in [1.29, 1.82) is 0 Å². The molecule has 21 heavy (non-hydrogen) atoms. The average Bonchev–Trinajstić information content (AvgIpc) is 3.11. The van der Waals surface area contributed by atoms with Crippen LogP contribution in [-0.4, -0.2) is 49.9 Å². The Kier molecular flexibility index (Phi) is 3.88. The summed E-state index contributed by atoms with van der Waals surface area (Å²) in [4.78, 5) is 25.1. The van der Waals surface area contributed by atoms with Crippen molar-refractivity contribution in [2.24, 2.45) is 0 Å². The van der Waals surface area contributed by atoms with E-state index in [1.165, 1.54) is 29.5 Å². The summed E-state index contributed by atoms with van der Waals surface area (Å²) in [5.41, 5.74) is 0. The molecule has 7 nitrogen and oxygen atoms in total. The number of urea groups is 1. The molecule has 1 aromatic rings. The average molecular weight is 309 g/mol. The molecule has 0 spiro atoms. The maximum Gasteiger partial charge on any atom is 0.324 e. The van der Waals surface area contributed by atoms with Gasteiger partial charge < -0.3 is 9.88 Å². The quantitative estimate of drug-likeness (QED) is 0.827. The molecular formula is C13H19N5O2S. The van der Waals surface area contributed by atoms with E-state index in [0.29, 0.717) is 19.0 Å². The summed E-state index contributed by atoms with van der Waals surface area (Å²) in [6.45, 7) is 5.63. The number of imide groups is 1. The standard InChI is InChI=1S/C13H19N5O2S/c1-3-17-10(9-4-5-9)15-16-13(17)21-8(2)11(19)18-7-6-14-12(18)20/h8-9H,3-7H2,1-2H3,(H,14,20)/t8-/m1/s1. The van der Waals surface area contributed by atoms with Crippen LogP contribution in [0, 0.1) is 0 Å². The molecule has 2 heterocycles. The number of hydrogen-bond acceptors (Lipinski definition) is 5. The Morgan fingerprint density at radius 2 is 2.24 bits per heavy atom. The molecule has 3 amide bonds. The predicted octanol–water partition coefficient (Wildman–Crippen LogP) is 1.21. The first kappa shape index (κ1) is 14.4. The van der Waals surface area contributed by atoms with E-state index in [9.17, 15) is 9.59 Å². The fourth-order valence-corrected chi connectivity index (χ4v) is 3.42. The molecule has 2 fully saturated rings. The normalized spacial score (nSPS) is 19.7. The lowest BCUT2D eigenvalue weighted by molar-refractivity contribution is -0.126. The Morgan fingerprint density at radius 1 is 1.48 bits per heavy atom. The van der Waals surface area contributed by atoms with Crippen LogP contribution in [0.3, 0.4) is 0 Å². The number of nitrogens with one attached hydrogen (secondary N) is 1. The lowest BCUT2D eigenvalue weighted by Crippen LogP contribution is -2.39. The summed E-state index contributed by atoms with van der Waals surface area (Å²) in [6.07, 6.45) is 2.34. The maximum absolute atomic E-state index is 12.3. The molecule has 0 radical (unpaired) electrons. The third-order valence-corrected chi connectivity index (χ3v) is 4.82. The number of aromatic nitrogens is 3. The van der Waals surface area contributed by atoms with Crippen molar-refractivity contribution in [1.82, 2.24) is 25.0 Å². The molecular weight excluding hydrogens is 290 g/mol. The minimum absolute atomic E-state index is 0.173. The van der Waals surface area contributed by atoms with E-state index in [-0.39, 0.29) is 17.2 Å². The molecule has 1 saturated heterocycles. The molecule has 0 unspecified atom stereocenters. The van der Waals surface area contributed by atoms with E-state index in [4.69, 9.17) is 0 Å². The van der Waals surface area contributed by atoms with Crippen LogP contribution in [0.2, 0.25) is 0 Å². The number of thioether (sulfide) groups is 1. The van der Waals surface area contributed by atoms with Gasteiger partial charge in [0.05, 0.1) is 5.25 Å². The van der Waals surface area contributed by atoms with Gasteiger partial charge in [0, 0.05) is 25.6 Å². The highest BCUT2D eigenvalue weighted by Crippen LogP contribution is 2.40. The Hall–Kier alpha value is -1.57. The van der Waals surface area contributed by atoms with Gasteiger partial charge in [-0.25, -0.2) is 4.79 Å². The van der Waals surface area contributed by atoms with Crippen LogP contribution >= 0.6 is 11.8 Å². The molecule has 8 heteroatoms. The van der Waals surface area contributed by atoms with E-state index >= 15 is 0 Å². The first-order chi connectivity index (χ1) is 10.1. The van der Waals surface area contributed by atoms with Crippen LogP contribution in [0.1, 0.15) is 38.4 Å². The fraction of sp³-hybridized carbons (Fsp3) is 0.692. The highest BCUT2D eigenvalue weighted by molar-refractivity contribution is 8.00. The monoisotopic (exact) mass is 309 g/mol. The van der Waals surface area contributed by atoms with Crippen LogP contribution in [0.25, 0.3) is 0 Å². The second-order valence-corrected chi connectivity index (χ2v) is 6.65. The van der Waals surface area contributed by atoms with E-state index in [2.05, 4.69) is 27.0 Å². The molecule has 1 aliphatic heterocycles. The third-order valence-electron chi connectivity index (χ3n) is 3.76. The molecule has 0 bridgehead atoms. The van der Waals surface area contributed by atoms with Crippen LogP contribution in [0.15, 0.2) is 5.16 Å². The van der Waals surface area contributed by atoms with Crippen molar-refractivity contribution in [3.05, 3.63) is 5.82 Å². The van der Waals surface area contributed by atoms with Gasteiger partial charge >= 0.3 is 6.03 Å². The largest absolute Gasteiger partial charge is 0.336 e. The molecule has 1 N–H and O–H groups in total. The SMILES string of the molecule is CCn1c(S[C@H](C)C(=O)N2CCNC2=O)nnc1C1CC1. The molecule has 1 saturated carbocycles. The molecule has 0 aromatic carbocycles. The van der Waals surface area contributed by atoms with E-state index in [1.807, 2.05) is 6.92 Å². The Bertz CT molecular complexity index is 569. The van der Waals surface area contributed by atoms with Crippen LogP contribution in [0.4, 0.5) is 4.79 Å². The van der Waals surface area contributed by atoms with Crippen LogP contribution in [-0.2, 0) is 11.3 Å². The van der Waals surface area contributed by atoms with Crippen molar-refractivity contribution in [3.63, 3.8) is 0 Å². The summed E-state index contributed by atoms with van der Waals surface area (Å²) < 4.78 is 2.08.